The highest BCUT2D eigenvalue weighted by Gasteiger charge is 2.19. The number of nitrogens with one attached hydrogen (secondary N) is 1. The van der Waals surface area contributed by atoms with Crippen molar-refractivity contribution in [3.63, 3.8) is 0 Å². The highest BCUT2D eigenvalue weighted by atomic mass is 15.0. The van der Waals surface area contributed by atoms with Gasteiger partial charge in [0.15, 0.2) is 17.5 Å². The van der Waals surface area contributed by atoms with Gasteiger partial charge in [-0.05, 0) is 52.4 Å². The number of rotatable bonds is 9. The zero-order valence-corrected chi connectivity index (χ0v) is 28.9. The molecule has 0 unspecified atom stereocenters. The number of hydrogen-bond acceptors (Lipinski definition) is 4. The first-order chi connectivity index (χ1) is 25.6. The Morgan fingerprint density at radius 2 is 0.654 bits per heavy atom. The smallest absolute Gasteiger partial charge is 0.164 e. The van der Waals surface area contributed by atoms with Gasteiger partial charge in [-0.2, -0.15) is 0 Å². The molecule has 0 aliphatic carbocycles. The van der Waals surface area contributed by atoms with Gasteiger partial charge in [0, 0.05) is 33.5 Å². The fourth-order valence-electron chi connectivity index (χ4n) is 6.46. The monoisotopic (exact) mass is 668 g/mol. The van der Waals surface area contributed by atoms with Gasteiger partial charge in [-0.15, -0.1) is 0 Å². The molecule has 0 saturated heterocycles. The van der Waals surface area contributed by atoms with E-state index in [1.165, 1.54) is 11.1 Å². The van der Waals surface area contributed by atoms with Crippen molar-refractivity contribution < 1.29 is 0 Å². The van der Waals surface area contributed by atoms with E-state index in [0.717, 1.165) is 61.5 Å². The molecule has 7 aromatic carbocycles. The number of hydrogen-bond donors (Lipinski definition) is 1. The average Bonchev–Trinajstić information content (AvgIpc) is 3.22. The van der Waals surface area contributed by atoms with E-state index in [2.05, 4.69) is 121 Å². The summed E-state index contributed by atoms with van der Waals surface area (Å²) in [5.41, 5.74) is 13.4. The second-order valence-corrected chi connectivity index (χ2v) is 12.8. The van der Waals surface area contributed by atoms with Gasteiger partial charge in [-0.25, -0.2) is 15.0 Å². The minimum Gasteiger partial charge on any atom is -0.359 e. The minimum atomic E-state index is 0.596. The summed E-state index contributed by atoms with van der Waals surface area (Å²) in [6, 6.07) is 62.9. The molecule has 1 N–H and O–H groups in total. The highest BCUT2D eigenvalue weighted by Crippen LogP contribution is 2.42. The van der Waals surface area contributed by atoms with E-state index >= 15 is 0 Å². The lowest BCUT2D eigenvalue weighted by Gasteiger charge is -2.20. The van der Waals surface area contributed by atoms with Crippen LogP contribution in [0.25, 0.3) is 78.7 Å². The maximum Gasteiger partial charge on any atom is 0.164 e. The molecular weight excluding hydrogens is 633 g/mol. The lowest BCUT2D eigenvalue weighted by atomic mass is 9.91. The van der Waals surface area contributed by atoms with Crippen LogP contribution in [0.4, 0.5) is 5.69 Å². The number of anilines is 1. The van der Waals surface area contributed by atoms with Gasteiger partial charge in [0.05, 0.1) is 5.69 Å². The molecule has 8 rings (SSSR count). The van der Waals surface area contributed by atoms with E-state index < -0.39 is 0 Å². The Balaban J connectivity index is 1.35. The summed E-state index contributed by atoms with van der Waals surface area (Å²) in [7, 11) is 0. The summed E-state index contributed by atoms with van der Waals surface area (Å²) in [5, 5.41) is 3.64. The van der Waals surface area contributed by atoms with Crippen molar-refractivity contribution in [3.8, 4) is 78.7 Å². The minimum absolute atomic E-state index is 0.596. The van der Waals surface area contributed by atoms with E-state index in [0.29, 0.717) is 17.5 Å². The van der Waals surface area contributed by atoms with Gasteiger partial charge in [0.2, 0.25) is 0 Å². The normalized spacial score (nSPS) is 10.9. The molecule has 0 saturated carbocycles. The molecule has 1 aromatic heterocycles. The molecule has 0 amide bonds. The van der Waals surface area contributed by atoms with E-state index in [4.69, 9.17) is 15.0 Å². The molecule has 0 fully saturated rings. The van der Waals surface area contributed by atoms with Gasteiger partial charge in [-0.1, -0.05) is 176 Å². The molecule has 0 bridgehead atoms. The summed E-state index contributed by atoms with van der Waals surface area (Å²) in [4.78, 5) is 15.2. The highest BCUT2D eigenvalue weighted by molar-refractivity contribution is 5.95. The fourth-order valence-corrected chi connectivity index (χ4v) is 6.46. The van der Waals surface area contributed by atoms with Crippen LogP contribution in [-0.2, 0) is 0 Å². The van der Waals surface area contributed by atoms with Crippen molar-refractivity contribution in [2.75, 3.05) is 5.32 Å². The van der Waals surface area contributed by atoms with Gasteiger partial charge in [0.25, 0.3) is 0 Å². The van der Waals surface area contributed by atoms with E-state index in [9.17, 15) is 0 Å². The quantitative estimate of drug-likeness (QED) is 0.166. The van der Waals surface area contributed by atoms with Gasteiger partial charge >= 0.3 is 0 Å². The standard InChI is InChI=1S/C48H36N4/c1-33(2)49-45-43(38-27-23-36(24-28-38)34-15-7-3-8-16-34)31-42(32-44(45)39-29-25-37(26-30-39)35-17-9-4-10-18-35)48-51-46(40-19-11-5-12-20-40)50-47(52-48)41-21-13-6-14-22-41/h3-32,49H,1H2,2H3. The molecule has 4 heteroatoms. The molecule has 0 radical (unpaired) electrons. The van der Waals surface area contributed by atoms with Crippen LogP contribution in [0.15, 0.2) is 194 Å². The van der Waals surface area contributed by atoms with Crippen molar-refractivity contribution >= 4 is 5.69 Å². The van der Waals surface area contributed by atoms with Crippen LogP contribution >= 0.6 is 0 Å². The Kier molecular flexibility index (Phi) is 9.02. The summed E-state index contributed by atoms with van der Waals surface area (Å²) in [6.45, 7) is 6.24. The molecule has 52 heavy (non-hydrogen) atoms. The topological polar surface area (TPSA) is 50.7 Å². The lowest BCUT2D eigenvalue weighted by Crippen LogP contribution is -2.03. The molecule has 0 atom stereocenters. The third-order valence-electron chi connectivity index (χ3n) is 9.04. The third-order valence-corrected chi connectivity index (χ3v) is 9.04. The molecule has 4 nitrogen and oxygen atoms in total. The number of nitrogens with zero attached hydrogens (tertiary/aromatic N) is 3. The summed E-state index contributed by atoms with van der Waals surface area (Å²) < 4.78 is 0. The van der Waals surface area contributed by atoms with E-state index in [1.54, 1.807) is 0 Å². The lowest BCUT2D eigenvalue weighted by molar-refractivity contribution is 1.07. The largest absolute Gasteiger partial charge is 0.359 e. The average molecular weight is 669 g/mol. The second kappa shape index (κ2) is 14.5. The maximum atomic E-state index is 5.11. The number of aromatic nitrogens is 3. The molecule has 248 valence electrons. The summed E-state index contributed by atoms with van der Waals surface area (Å²) in [6.07, 6.45) is 0. The van der Waals surface area contributed by atoms with Crippen molar-refractivity contribution in [2.45, 2.75) is 6.92 Å². The second-order valence-electron chi connectivity index (χ2n) is 12.8. The van der Waals surface area contributed by atoms with Gasteiger partial charge in [-0.3, -0.25) is 0 Å². The Labute approximate surface area is 304 Å². The zero-order chi connectivity index (χ0) is 35.3. The SMILES string of the molecule is C=C(C)Nc1c(-c2ccc(-c3ccccc3)cc2)cc(-c2nc(-c3ccccc3)nc(-c3ccccc3)n2)cc1-c1ccc(-c2ccccc2)cc1. The molecule has 8 aromatic rings. The Bertz CT molecular complexity index is 2300. The Morgan fingerprint density at radius 3 is 1.00 bits per heavy atom. The first kappa shape index (κ1) is 32.3. The third kappa shape index (κ3) is 6.91. The Hall–Kier alpha value is -6.91. The molecular formula is C48H36N4. The van der Waals surface area contributed by atoms with Gasteiger partial charge < -0.3 is 5.32 Å². The first-order valence-electron chi connectivity index (χ1n) is 17.4. The van der Waals surface area contributed by atoms with Crippen LogP contribution in [0.5, 0.6) is 0 Å². The zero-order valence-electron chi connectivity index (χ0n) is 28.9. The van der Waals surface area contributed by atoms with E-state index in [1.807, 2.05) is 79.7 Å². The van der Waals surface area contributed by atoms with Crippen molar-refractivity contribution in [1.82, 2.24) is 15.0 Å². The van der Waals surface area contributed by atoms with Crippen LogP contribution in [0.1, 0.15) is 6.92 Å². The predicted molar refractivity (Wildman–Crippen MR) is 216 cm³/mol. The fraction of sp³-hybridized carbons (Fsp3) is 0.0208. The number of allylic oxidation sites excluding steroid dienone is 1. The van der Waals surface area contributed by atoms with E-state index in [-0.39, 0.29) is 0 Å². The van der Waals surface area contributed by atoms with Crippen LogP contribution in [0.2, 0.25) is 0 Å². The van der Waals surface area contributed by atoms with Crippen molar-refractivity contribution in [2.24, 2.45) is 0 Å². The molecule has 0 aliphatic heterocycles. The van der Waals surface area contributed by atoms with Crippen molar-refractivity contribution in [1.29, 1.82) is 0 Å². The summed E-state index contributed by atoms with van der Waals surface area (Å²) >= 11 is 0. The van der Waals surface area contributed by atoms with Crippen LogP contribution in [-0.4, -0.2) is 15.0 Å². The van der Waals surface area contributed by atoms with Crippen LogP contribution in [0, 0.1) is 0 Å². The molecule has 0 spiro atoms. The van der Waals surface area contributed by atoms with Gasteiger partial charge in [0.1, 0.15) is 0 Å². The van der Waals surface area contributed by atoms with Crippen molar-refractivity contribution in [3.05, 3.63) is 194 Å². The molecule has 0 aliphatic rings. The molecule has 1 heterocycles. The Morgan fingerprint density at radius 1 is 0.365 bits per heavy atom. The van der Waals surface area contributed by atoms with Crippen LogP contribution < -0.4 is 5.32 Å². The maximum absolute atomic E-state index is 5.11. The first-order valence-corrected chi connectivity index (χ1v) is 17.4. The summed E-state index contributed by atoms with van der Waals surface area (Å²) in [5.74, 6) is 1.84. The van der Waals surface area contributed by atoms with Crippen LogP contribution in [0.3, 0.4) is 0 Å². The number of benzene rings is 7. The predicted octanol–water partition coefficient (Wildman–Crippen LogP) is 12.5.